The Hall–Kier alpha value is -2.11. The van der Waals surface area contributed by atoms with Gasteiger partial charge in [-0.05, 0) is 24.5 Å². The normalized spacial score (nSPS) is 12.7. The maximum atomic E-state index is 12.5. The van der Waals surface area contributed by atoms with Crippen LogP contribution in [-0.2, 0) is 0 Å². The van der Waals surface area contributed by atoms with Gasteiger partial charge in [0.05, 0.1) is 4.92 Å². The number of nitrogens with one attached hydrogen (secondary N) is 1. The number of amides is 1. The van der Waals surface area contributed by atoms with E-state index in [1.54, 1.807) is 31.1 Å². The first-order valence-electron chi connectivity index (χ1n) is 6.83. The van der Waals surface area contributed by atoms with E-state index in [4.69, 9.17) is 0 Å². The van der Waals surface area contributed by atoms with Crippen molar-refractivity contribution in [1.29, 1.82) is 0 Å². The molecular formula is C15H23N3O3. The van der Waals surface area contributed by atoms with E-state index in [2.05, 4.69) is 5.32 Å². The van der Waals surface area contributed by atoms with Crippen LogP contribution in [0.4, 0.5) is 11.4 Å². The molecule has 0 aliphatic carbocycles. The van der Waals surface area contributed by atoms with Crippen LogP contribution in [-0.4, -0.2) is 35.9 Å². The van der Waals surface area contributed by atoms with Crippen LogP contribution in [0.15, 0.2) is 18.2 Å². The summed E-state index contributed by atoms with van der Waals surface area (Å²) in [6.45, 7) is 8.12. The first kappa shape index (κ1) is 16.9. The zero-order valence-electron chi connectivity index (χ0n) is 13.4. The fourth-order valence-corrected chi connectivity index (χ4v) is 1.99. The first-order valence-corrected chi connectivity index (χ1v) is 6.83. The van der Waals surface area contributed by atoms with Crippen molar-refractivity contribution >= 4 is 17.3 Å². The molecule has 0 fully saturated rings. The van der Waals surface area contributed by atoms with Crippen molar-refractivity contribution in [3.05, 3.63) is 33.9 Å². The smallest absolute Gasteiger partial charge is 0.293 e. The van der Waals surface area contributed by atoms with Gasteiger partial charge in [-0.15, -0.1) is 0 Å². The maximum Gasteiger partial charge on any atom is 0.293 e. The van der Waals surface area contributed by atoms with Crippen molar-refractivity contribution < 1.29 is 9.72 Å². The maximum absolute atomic E-state index is 12.5. The summed E-state index contributed by atoms with van der Waals surface area (Å²) in [6, 6.07) is 4.49. The van der Waals surface area contributed by atoms with Gasteiger partial charge in [0.25, 0.3) is 11.6 Å². The van der Waals surface area contributed by atoms with Crippen LogP contribution >= 0.6 is 0 Å². The molecule has 0 aliphatic rings. The molecule has 0 aliphatic heterocycles. The lowest BCUT2D eigenvalue weighted by molar-refractivity contribution is -0.384. The second-order valence-corrected chi connectivity index (χ2v) is 6.20. The first-order chi connectivity index (χ1) is 9.59. The van der Waals surface area contributed by atoms with Crippen LogP contribution in [0, 0.1) is 15.5 Å². The van der Waals surface area contributed by atoms with Crippen molar-refractivity contribution in [3.8, 4) is 0 Å². The van der Waals surface area contributed by atoms with Gasteiger partial charge >= 0.3 is 0 Å². The third-order valence-corrected chi connectivity index (χ3v) is 3.87. The number of rotatable bonds is 4. The molecule has 1 rings (SSSR count). The zero-order chi connectivity index (χ0) is 16.4. The second-order valence-electron chi connectivity index (χ2n) is 6.20. The Morgan fingerprint density at radius 1 is 1.38 bits per heavy atom. The van der Waals surface area contributed by atoms with E-state index in [-0.39, 0.29) is 23.1 Å². The molecular weight excluding hydrogens is 270 g/mol. The van der Waals surface area contributed by atoms with E-state index in [1.165, 1.54) is 6.07 Å². The summed E-state index contributed by atoms with van der Waals surface area (Å²) >= 11 is 0. The lowest BCUT2D eigenvalue weighted by atomic mass is 9.87. The monoisotopic (exact) mass is 293 g/mol. The number of carbonyl (C=O) groups is 1. The molecule has 116 valence electrons. The Balaban J connectivity index is 3.14. The number of nitro benzene ring substituents is 1. The minimum absolute atomic E-state index is 0.00744. The molecule has 0 bridgehead atoms. The van der Waals surface area contributed by atoms with E-state index in [9.17, 15) is 14.9 Å². The van der Waals surface area contributed by atoms with Gasteiger partial charge in [-0.3, -0.25) is 14.9 Å². The number of anilines is 1. The number of nitro groups is 1. The molecule has 21 heavy (non-hydrogen) atoms. The molecule has 0 spiro atoms. The van der Waals surface area contributed by atoms with E-state index in [0.29, 0.717) is 11.3 Å². The largest absolute Gasteiger partial charge is 0.383 e. The van der Waals surface area contributed by atoms with Crippen LogP contribution in [0.1, 0.15) is 38.1 Å². The minimum atomic E-state index is -0.490. The van der Waals surface area contributed by atoms with Crippen molar-refractivity contribution in [2.45, 2.75) is 33.7 Å². The molecule has 1 unspecified atom stereocenters. The molecule has 6 nitrogen and oxygen atoms in total. The summed E-state index contributed by atoms with van der Waals surface area (Å²) in [5.74, 6) is -0.219. The van der Waals surface area contributed by atoms with Gasteiger partial charge in [-0.25, -0.2) is 0 Å². The molecule has 0 saturated heterocycles. The number of carbonyl (C=O) groups excluding carboxylic acids is 1. The fourth-order valence-electron chi connectivity index (χ4n) is 1.99. The van der Waals surface area contributed by atoms with Crippen LogP contribution in [0.5, 0.6) is 0 Å². The van der Waals surface area contributed by atoms with Gasteiger partial charge in [-0.1, -0.05) is 20.8 Å². The lowest BCUT2D eigenvalue weighted by Crippen LogP contribution is -2.42. The quantitative estimate of drug-likeness (QED) is 0.683. The number of benzene rings is 1. The standard InChI is InChI=1S/C15H23N3O3/c1-10(15(2,3)4)17(6)14(19)11-7-8-12(16-5)13(9-11)18(20)21/h7-10,16H,1-6H3. The summed E-state index contributed by atoms with van der Waals surface area (Å²) in [5, 5.41) is 13.8. The second kappa shape index (κ2) is 6.11. The fraction of sp³-hybridized carbons (Fsp3) is 0.533. The predicted molar refractivity (Wildman–Crippen MR) is 83.7 cm³/mol. The van der Waals surface area contributed by atoms with Gasteiger partial charge in [0, 0.05) is 31.8 Å². The van der Waals surface area contributed by atoms with Crippen LogP contribution in [0.3, 0.4) is 0 Å². The Morgan fingerprint density at radius 3 is 2.38 bits per heavy atom. The highest BCUT2D eigenvalue weighted by Crippen LogP contribution is 2.28. The minimum Gasteiger partial charge on any atom is -0.383 e. The van der Waals surface area contributed by atoms with Crippen LogP contribution in [0.25, 0.3) is 0 Å². The molecule has 1 aromatic rings. The summed E-state index contributed by atoms with van der Waals surface area (Å²) in [4.78, 5) is 24.7. The zero-order valence-corrected chi connectivity index (χ0v) is 13.4. The highest BCUT2D eigenvalue weighted by Gasteiger charge is 2.28. The number of hydrogen-bond acceptors (Lipinski definition) is 4. The molecule has 1 amide bonds. The molecule has 0 aromatic heterocycles. The molecule has 1 atom stereocenters. The van der Waals surface area contributed by atoms with Gasteiger partial charge in [-0.2, -0.15) is 0 Å². The Bertz CT molecular complexity index is 550. The van der Waals surface area contributed by atoms with Gasteiger partial charge in [0.15, 0.2) is 0 Å². The summed E-state index contributed by atoms with van der Waals surface area (Å²) in [7, 11) is 3.33. The molecule has 1 aromatic carbocycles. The van der Waals surface area contributed by atoms with E-state index in [1.807, 2.05) is 27.7 Å². The van der Waals surface area contributed by atoms with Crippen LogP contribution < -0.4 is 5.32 Å². The highest BCUT2D eigenvalue weighted by molar-refractivity contribution is 5.95. The Labute approximate surface area is 125 Å². The van der Waals surface area contributed by atoms with Gasteiger partial charge < -0.3 is 10.2 Å². The Morgan fingerprint density at radius 2 is 1.95 bits per heavy atom. The summed E-state index contributed by atoms with van der Waals surface area (Å²) in [5.41, 5.74) is 0.545. The SMILES string of the molecule is CNc1ccc(C(=O)N(C)C(C)C(C)(C)C)cc1[N+](=O)[O-]. The van der Waals surface area contributed by atoms with Crippen LogP contribution in [0.2, 0.25) is 0 Å². The Kier molecular flexibility index (Phi) is 4.93. The molecule has 1 N–H and O–H groups in total. The van der Waals surface area contributed by atoms with E-state index >= 15 is 0 Å². The highest BCUT2D eigenvalue weighted by atomic mass is 16.6. The number of hydrogen-bond donors (Lipinski definition) is 1. The topological polar surface area (TPSA) is 75.5 Å². The van der Waals surface area contributed by atoms with Crippen molar-refractivity contribution in [1.82, 2.24) is 4.90 Å². The lowest BCUT2D eigenvalue weighted by Gasteiger charge is -2.35. The third kappa shape index (κ3) is 3.71. The van der Waals surface area contributed by atoms with Crippen molar-refractivity contribution in [3.63, 3.8) is 0 Å². The molecule has 0 heterocycles. The van der Waals surface area contributed by atoms with Gasteiger partial charge in [0.1, 0.15) is 5.69 Å². The van der Waals surface area contributed by atoms with Crippen molar-refractivity contribution in [2.75, 3.05) is 19.4 Å². The number of nitrogens with zero attached hydrogens (tertiary/aromatic N) is 2. The predicted octanol–water partition coefficient (Wildman–Crippen LogP) is 3.14. The average molecular weight is 293 g/mol. The van der Waals surface area contributed by atoms with Crippen molar-refractivity contribution in [2.24, 2.45) is 5.41 Å². The third-order valence-electron chi connectivity index (χ3n) is 3.87. The molecule has 0 radical (unpaired) electrons. The average Bonchev–Trinajstić information content (AvgIpc) is 2.43. The molecule has 0 saturated carbocycles. The summed E-state index contributed by atoms with van der Waals surface area (Å²) in [6.07, 6.45) is 0. The van der Waals surface area contributed by atoms with Gasteiger partial charge in [0.2, 0.25) is 0 Å². The van der Waals surface area contributed by atoms with E-state index < -0.39 is 4.92 Å². The summed E-state index contributed by atoms with van der Waals surface area (Å²) < 4.78 is 0. The van der Waals surface area contributed by atoms with E-state index in [0.717, 1.165) is 0 Å². The molecule has 6 heteroatoms.